The number of ether oxygens (including phenoxy) is 1. The molecule has 0 bridgehead atoms. The van der Waals surface area contributed by atoms with Crippen molar-refractivity contribution >= 4 is 16.9 Å². The molecule has 3 N–H and O–H groups in total. The van der Waals surface area contributed by atoms with Crippen molar-refractivity contribution in [2.75, 3.05) is 26.7 Å². The fourth-order valence-electron chi connectivity index (χ4n) is 4.12. The Morgan fingerprint density at radius 3 is 2.86 bits per heavy atom. The first kappa shape index (κ1) is 19.5. The van der Waals surface area contributed by atoms with Gasteiger partial charge in [0.05, 0.1) is 6.10 Å². The van der Waals surface area contributed by atoms with Gasteiger partial charge in [-0.2, -0.15) is 0 Å². The van der Waals surface area contributed by atoms with Gasteiger partial charge in [-0.05, 0) is 42.5 Å². The van der Waals surface area contributed by atoms with E-state index >= 15 is 0 Å². The highest BCUT2D eigenvalue weighted by Gasteiger charge is 2.29. The maximum atomic E-state index is 5.99. The second-order valence-corrected chi connectivity index (χ2v) is 7.74. The van der Waals surface area contributed by atoms with Crippen LogP contribution in [-0.2, 0) is 11.2 Å². The molecule has 29 heavy (non-hydrogen) atoms. The van der Waals surface area contributed by atoms with Crippen molar-refractivity contribution in [3.05, 3.63) is 71.4 Å². The number of aromatic nitrogens is 1. The van der Waals surface area contributed by atoms with E-state index in [-0.39, 0.29) is 6.10 Å². The number of nitrogens with one attached hydrogen (secondary N) is 3. The molecule has 1 saturated heterocycles. The molecule has 1 aliphatic heterocycles. The normalized spacial score (nSPS) is 19.6. The summed E-state index contributed by atoms with van der Waals surface area (Å²) in [5.74, 6) is 1.30. The van der Waals surface area contributed by atoms with E-state index < -0.39 is 0 Å². The third-order valence-electron chi connectivity index (χ3n) is 5.71. The van der Waals surface area contributed by atoms with Gasteiger partial charge in [-0.1, -0.05) is 42.5 Å². The second kappa shape index (κ2) is 9.14. The summed E-state index contributed by atoms with van der Waals surface area (Å²) in [6, 6.07) is 17.1. The van der Waals surface area contributed by atoms with Crippen LogP contribution in [-0.4, -0.2) is 37.7 Å². The Labute approximate surface area is 172 Å². The number of benzene rings is 2. The average molecular weight is 391 g/mol. The van der Waals surface area contributed by atoms with E-state index in [2.05, 4.69) is 76.2 Å². The van der Waals surface area contributed by atoms with Crippen LogP contribution >= 0.6 is 0 Å². The SMILES string of the molecule is CN=C(NCCc1c[nH]c2cc(C)ccc12)NCC1CCOC1c1ccccc1. The minimum absolute atomic E-state index is 0.163. The molecular weight excluding hydrogens is 360 g/mol. The molecule has 2 atom stereocenters. The summed E-state index contributed by atoms with van der Waals surface area (Å²) in [4.78, 5) is 7.76. The van der Waals surface area contributed by atoms with E-state index in [4.69, 9.17) is 4.74 Å². The van der Waals surface area contributed by atoms with E-state index in [0.717, 1.165) is 38.5 Å². The smallest absolute Gasteiger partial charge is 0.190 e. The molecule has 1 aliphatic rings. The molecule has 4 rings (SSSR count). The van der Waals surface area contributed by atoms with Crippen molar-refractivity contribution in [1.82, 2.24) is 15.6 Å². The van der Waals surface area contributed by atoms with Gasteiger partial charge in [0, 0.05) is 49.8 Å². The van der Waals surface area contributed by atoms with Crippen LogP contribution in [0.5, 0.6) is 0 Å². The van der Waals surface area contributed by atoms with E-state index in [0.29, 0.717) is 5.92 Å². The molecule has 1 fully saturated rings. The topological polar surface area (TPSA) is 61.4 Å². The van der Waals surface area contributed by atoms with Gasteiger partial charge in [0.1, 0.15) is 0 Å². The van der Waals surface area contributed by atoms with Gasteiger partial charge in [0.2, 0.25) is 0 Å². The standard InChI is InChI=1S/C24H30N4O/c1-17-8-9-21-19(15-27-22(21)14-17)10-12-26-24(25-2)28-16-20-11-13-29-23(20)18-6-4-3-5-7-18/h3-9,14-15,20,23,27H,10-13,16H2,1-2H3,(H2,25,26,28). The first-order valence-corrected chi connectivity index (χ1v) is 10.4. The Morgan fingerprint density at radius 2 is 2.03 bits per heavy atom. The summed E-state index contributed by atoms with van der Waals surface area (Å²) >= 11 is 0. The minimum Gasteiger partial charge on any atom is -0.373 e. The minimum atomic E-state index is 0.163. The Balaban J connectivity index is 1.28. The molecule has 0 saturated carbocycles. The quantitative estimate of drug-likeness (QED) is 0.441. The lowest BCUT2D eigenvalue weighted by atomic mass is 9.95. The highest BCUT2D eigenvalue weighted by Crippen LogP contribution is 2.33. The monoisotopic (exact) mass is 390 g/mol. The predicted molar refractivity (Wildman–Crippen MR) is 119 cm³/mol. The number of H-pyrrole nitrogens is 1. The van der Waals surface area contributed by atoms with Crippen LogP contribution in [0.15, 0.2) is 59.7 Å². The zero-order valence-corrected chi connectivity index (χ0v) is 17.2. The summed E-state index contributed by atoms with van der Waals surface area (Å²) in [6.45, 7) is 4.63. The Morgan fingerprint density at radius 1 is 1.17 bits per heavy atom. The zero-order chi connectivity index (χ0) is 20.1. The molecule has 5 heteroatoms. The number of hydrogen-bond donors (Lipinski definition) is 3. The van der Waals surface area contributed by atoms with Crippen LogP contribution < -0.4 is 10.6 Å². The van der Waals surface area contributed by atoms with Crippen molar-refractivity contribution in [3.8, 4) is 0 Å². The lowest BCUT2D eigenvalue weighted by molar-refractivity contribution is 0.0915. The van der Waals surface area contributed by atoms with Crippen molar-refractivity contribution in [1.29, 1.82) is 0 Å². The first-order chi connectivity index (χ1) is 14.2. The number of nitrogens with zero attached hydrogens (tertiary/aromatic N) is 1. The maximum Gasteiger partial charge on any atom is 0.190 e. The molecule has 2 aromatic carbocycles. The van der Waals surface area contributed by atoms with Gasteiger partial charge in [-0.3, -0.25) is 4.99 Å². The molecule has 5 nitrogen and oxygen atoms in total. The number of fused-ring (bicyclic) bond motifs is 1. The Kier molecular flexibility index (Phi) is 6.15. The number of guanidine groups is 1. The number of rotatable bonds is 6. The highest BCUT2D eigenvalue weighted by atomic mass is 16.5. The maximum absolute atomic E-state index is 5.99. The van der Waals surface area contributed by atoms with Crippen LogP contribution in [0.4, 0.5) is 0 Å². The number of hydrogen-bond acceptors (Lipinski definition) is 2. The van der Waals surface area contributed by atoms with Crippen molar-refractivity contribution < 1.29 is 4.74 Å². The Hall–Kier alpha value is -2.79. The lowest BCUT2D eigenvalue weighted by Gasteiger charge is -2.20. The van der Waals surface area contributed by atoms with Crippen LogP contribution in [0.25, 0.3) is 10.9 Å². The summed E-state index contributed by atoms with van der Waals surface area (Å²) in [7, 11) is 1.82. The lowest BCUT2D eigenvalue weighted by Crippen LogP contribution is -2.41. The average Bonchev–Trinajstić information content (AvgIpc) is 3.38. The zero-order valence-electron chi connectivity index (χ0n) is 17.2. The first-order valence-electron chi connectivity index (χ1n) is 10.4. The number of aromatic amines is 1. The van der Waals surface area contributed by atoms with Crippen LogP contribution in [0, 0.1) is 12.8 Å². The molecule has 0 radical (unpaired) electrons. The van der Waals surface area contributed by atoms with E-state index in [9.17, 15) is 0 Å². The second-order valence-electron chi connectivity index (χ2n) is 7.74. The molecule has 0 aliphatic carbocycles. The number of aliphatic imine (C=N–C) groups is 1. The summed E-state index contributed by atoms with van der Waals surface area (Å²) in [5, 5.41) is 8.23. The van der Waals surface area contributed by atoms with Gasteiger partial charge in [0.15, 0.2) is 5.96 Å². The van der Waals surface area contributed by atoms with Crippen molar-refractivity contribution in [3.63, 3.8) is 0 Å². The van der Waals surface area contributed by atoms with Gasteiger partial charge >= 0.3 is 0 Å². The third kappa shape index (κ3) is 4.62. The fraction of sp³-hybridized carbons (Fsp3) is 0.375. The number of aryl methyl sites for hydroxylation is 1. The molecule has 3 aromatic rings. The summed E-state index contributed by atoms with van der Waals surface area (Å²) in [5.41, 5.74) is 5.07. The van der Waals surface area contributed by atoms with Gasteiger partial charge in [-0.25, -0.2) is 0 Å². The largest absolute Gasteiger partial charge is 0.373 e. The molecule has 0 spiro atoms. The predicted octanol–water partition coefficient (Wildman–Crippen LogP) is 3.96. The molecule has 152 valence electrons. The molecule has 0 amide bonds. The molecular formula is C24H30N4O. The van der Waals surface area contributed by atoms with Crippen LogP contribution in [0.2, 0.25) is 0 Å². The van der Waals surface area contributed by atoms with Gasteiger partial charge in [-0.15, -0.1) is 0 Å². The van der Waals surface area contributed by atoms with E-state index in [1.807, 2.05) is 13.1 Å². The summed E-state index contributed by atoms with van der Waals surface area (Å²) < 4.78 is 5.99. The van der Waals surface area contributed by atoms with Crippen LogP contribution in [0.3, 0.4) is 0 Å². The van der Waals surface area contributed by atoms with Crippen LogP contribution in [0.1, 0.15) is 29.2 Å². The van der Waals surface area contributed by atoms with E-state index in [1.54, 1.807) is 0 Å². The summed E-state index contributed by atoms with van der Waals surface area (Å²) in [6.07, 6.45) is 4.29. The fourth-order valence-corrected chi connectivity index (χ4v) is 4.12. The van der Waals surface area contributed by atoms with Crippen molar-refractivity contribution in [2.24, 2.45) is 10.9 Å². The van der Waals surface area contributed by atoms with Gasteiger partial charge < -0.3 is 20.4 Å². The Bertz CT molecular complexity index is 963. The van der Waals surface area contributed by atoms with E-state index in [1.165, 1.54) is 27.6 Å². The molecule has 1 aromatic heterocycles. The highest BCUT2D eigenvalue weighted by molar-refractivity contribution is 5.84. The third-order valence-corrected chi connectivity index (χ3v) is 5.71. The van der Waals surface area contributed by atoms with Gasteiger partial charge in [0.25, 0.3) is 0 Å². The molecule has 2 heterocycles. The van der Waals surface area contributed by atoms with Crippen molar-refractivity contribution in [2.45, 2.75) is 25.9 Å². The molecule has 2 unspecified atom stereocenters.